The quantitative estimate of drug-likeness (QED) is 0.271. The van der Waals surface area contributed by atoms with Gasteiger partial charge in [0.05, 0.1) is 5.56 Å². The van der Waals surface area contributed by atoms with Crippen molar-refractivity contribution >= 4 is 16.7 Å². The summed E-state index contributed by atoms with van der Waals surface area (Å²) in [6.45, 7) is 8.84. The van der Waals surface area contributed by atoms with Crippen LogP contribution in [0.15, 0.2) is 66.7 Å². The van der Waals surface area contributed by atoms with Gasteiger partial charge in [-0.05, 0) is 47.6 Å². The molecule has 0 saturated heterocycles. The summed E-state index contributed by atoms with van der Waals surface area (Å²) < 4.78 is 0. The van der Waals surface area contributed by atoms with Gasteiger partial charge in [-0.25, -0.2) is 0 Å². The molecule has 1 amide bonds. The molecule has 3 aromatic carbocycles. The number of hydrogen-bond donors (Lipinski definition) is 1. The van der Waals surface area contributed by atoms with Gasteiger partial charge in [0, 0.05) is 12.1 Å². The lowest BCUT2D eigenvalue weighted by Gasteiger charge is -2.39. The van der Waals surface area contributed by atoms with Crippen LogP contribution in [0.2, 0.25) is 0 Å². The van der Waals surface area contributed by atoms with Gasteiger partial charge in [-0.1, -0.05) is 120 Å². The van der Waals surface area contributed by atoms with E-state index in [-0.39, 0.29) is 18.0 Å². The summed E-state index contributed by atoms with van der Waals surface area (Å²) in [7, 11) is 0. The topological polar surface area (TPSA) is 40.5 Å². The van der Waals surface area contributed by atoms with Crippen molar-refractivity contribution < 1.29 is 9.90 Å². The van der Waals surface area contributed by atoms with Crippen LogP contribution in [-0.2, 0) is 0 Å². The van der Waals surface area contributed by atoms with E-state index in [4.69, 9.17) is 0 Å². The molecule has 3 aromatic rings. The maximum atomic E-state index is 14.7. The number of carbonyl (C=O) groups excluding carboxylic acids is 1. The van der Waals surface area contributed by atoms with Crippen LogP contribution in [0.5, 0.6) is 0 Å². The number of hydrogen-bond acceptors (Lipinski definition) is 2. The zero-order chi connectivity index (χ0) is 25.2. The van der Waals surface area contributed by atoms with Gasteiger partial charge in [-0.15, -0.1) is 0 Å². The number of aliphatic hydroxyl groups is 1. The summed E-state index contributed by atoms with van der Waals surface area (Å²) in [6.07, 6.45) is 7.37. The lowest BCUT2D eigenvalue weighted by molar-refractivity contribution is 0.0508. The second-order valence-electron chi connectivity index (χ2n) is 9.74. The number of fused-ring (bicyclic) bond motifs is 1. The van der Waals surface area contributed by atoms with Crippen molar-refractivity contribution in [3.05, 3.63) is 83.4 Å². The van der Waals surface area contributed by atoms with Crippen molar-refractivity contribution in [2.24, 2.45) is 0 Å². The monoisotopic (exact) mass is 473 g/mol. The van der Waals surface area contributed by atoms with Crippen molar-refractivity contribution in [1.82, 2.24) is 4.90 Å². The first-order chi connectivity index (χ1) is 17.1. The highest BCUT2D eigenvalue weighted by molar-refractivity contribution is 6.08. The van der Waals surface area contributed by atoms with E-state index in [9.17, 15) is 9.90 Å². The van der Waals surface area contributed by atoms with Crippen LogP contribution in [-0.4, -0.2) is 28.0 Å². The second kappa shape index (κ2) is 13.4. The highest BCUT2D eigenvalue weighted by Crippen LogP contribution is 2.34. The molecule has 0 fully saturated rings. The van der Waals surface area contributed by atoms with E-state index >= 15 is 0 Å². The maximum absolute atomic E-state index is 14.7. The Hall–Kier alpha value is -2.65. The molecule has 1 unspecified atom stereocenters. The summed E-state index contributed by atoms with van der Waals surface area (Å²) in [6, 6.07) is 22.2. The molecule has 3 rings (SSSR count). The van der Waals surface area contributed by atoms with Crippen molar-refractivity contribution in [2.45, 2.75) is 97.2 Å². The molecule has 35 heavy (non-hydrogen) atoms. The Balaban J connectivity index is 2.22. The van der Waals surface area contributed by atoms with Gasteiger partial charge >= 0.3 is 0 Å². The van der Waals surface area contributed by atoms with E-state index in [2.05, 4.69) is 38.7 Å². The van der Waals surface area contributed by atoms with Crippen LogP contribution in [0.1, 0.15) is 107 Å². The summed E-state index contributed by atoms with van der Waals surface area (Å²) in [5, 5.41) is 13.4. The third kappa shape index (κ3) is 6.32. The van der Waals surface area contributed by atoms with Crippen molar-refractivity contribution in [2.75, 3.05) is 0 Å². The average Bonchev–Trinajstić information content (AvgIpc) is 2.88. The third-order valence-corrected chi connectivity index (χ3v) is 7.09. The Labute approximate surface area is 212 Å². The molecule has 0 radical (unpaired) electrons. The molecule has 0 bridgehead atoms. The van der Waals surface area contributed by atoms with Crippen LogP contribution in [0.3, 0.4) is 0 Å². The zero-order valence-electron chi connectivity index (χ0n) is 22.0. The Morgan fingerprint density at radius 2 is 1.23 bits per heavy atom. The SMILES string of the molecule is CCCC(CCC)N(C(=O)c1c(C(O)c2ccccc2)ccc2ccccc12)C(CCC)CCC. The predicted octanol–water partition coefficient (Wildman–Crippen LogP) is 8.30. The predicted molar refractivity (Wildman–Crippen MR) is 148 cm³/mol. The van der Waals surface area contributed by atoms with Gasteiger partial charge < -0.3 is 10.0 Å². The Bertz CT molecular complexity index is 1030. The fourth-order valence-electron chi connectivity index (χ4n) is 5.51. The fraction of sp³-hybridized carbons (Fsp3) is 0.469. The molecular formula is C32H43NO2. The molecule has 0 aliphatic rings. The Morgan fingerprint density at radius 1 is 0.714 bits per heavy atom. The molecule has 1 N–H and O–H groups in total. The minimum Gasteiger partial charge on any atom is -0.384 e. The summed E-state index contributed by atoms with van der Waals surface area (Å²) >= 11 is 0. The largest absolute Gasteiger partial charge is 0.384 e. The van der Waals surface area contributed by atoms with Crippen LogP contribution in [0.25, 0.3) is 10.8 Å². The third-order valence-electron chi connectivity index (χ3n) is 7.09. The molecular weight excluding hydrogens is 430 g/mol. The van der Waals surface area contributed by atoms with E-state index in [1.807, 2.05) is 60.7 Å². The van der Waals surface area contributed by atoms with E-state index in [1.165, 1.54) is 0 Å². The lowest BCUT2D eigenvalue weighted by atomic mass is 9.89. The van der Waals surface area contributed by atoms with Crippen molar-refractivity contribution in [3.8, 4) is 0 Å². The molecule has 0 saturated carbocycles. The molecule has 0 heterocycles. The van der Waals surface area contributed by atoms with Gasteiger partial charge in [-0.2, -0.15) is 0 Å². The number of carbonyl (C=O) groups is 1. The van der Waals surface area contributed by atoms with Crippen LogP contribution < -0.4 is 0 Å². The van der Waals surface area contributed by atoms with Gasteiger partial charge in [0.2, 0.25) is 0 Å². The van der Waals surface area contributed by atoms with Gasteiger partial charge in [0.25, 0.3) is 5.91 Å². The zero-order valence-corrected chi connectivity index (χ0v) is 22.0. The van der Waals surface area contributed by atoms with Gasteiger partial charge in [-0.3, -0.25) is 4.79 Å². The number of amides is 1. The number of rotatable bonds is 13. The molecule has 0 aliphatic heterocycles. The number of aliphatic hydroxyl groups excluding tert-OH is 1. The number of nitrogens with zero attached hydrogens (tertiary/aromatic N) is 1. The summed E-state index contributed by atoms with van der Waals surface area (Å²) in [4.78, 5) is 16.9. The lowest BCUT2D eigenvalue weighted by Crippen LogP contribution is -2.47. The van der Waals surface area contributed by atoms with Gasteiger partial charge in [0.1, 0.15) is 6.10 Å². The molecule has 1 atom stereocenters. The van der Waals surface area contributed by atoms with Crippen LogP contribution in [0, 0.1) is 0 Å². The van der Waals surface area contributed by atoms with Crippen LogP contribution >= 0.6 is 0 Å². The molecule has 0 spiro atoms. The highest BCUT2D eigenvalue weighted by atomic mass is 16.3. The first kappa shape index (κ1) is 26.9. The van der Waals surface area contributed by atoms with E-state index in [0.29, 0.717) is 11.1 Å². The molecule has 0 aromatic heterocycles. The van der Waals surface area contributed by atoms with Crippen LogP contribution in [0.4, 0.5) is 0 Å². The fourth-order valence-corrected chi connectivity index (χ4v) is 5.51. The highest BCUT2D eigenvalue weighted by Gasteiger charge is 2.33. The summed E-state index contributed by atoms with van der Waals surface area (Å²) in [5.74, 6) is 0.0746. The normalized spacial score (nSPS) is 12.4. The van der Waals surface area contributed by atoms with Gasteiger partial charge in [0.15, 0.2) is 0 Å². The maximum Gasteiger partial charge on any atom is 0.255 e. The number of benzene rings is 3. The smallest absolute Gasteiger partial charge is 0.255 e. The standard InChI is InChI=1S/C32H43NO2/c1-5-14-26(15-6-2)33(27(16-7-3)17-8-4)32(35)30-28-21-13-12-18-24(28)22-23-29(30)31(34)25-19-10-9-11-20-25/h9-13,18-23,26-27,31,34H,5-8,14-17H2,1-4H3. The Morgan fingerprint density at radius 3 is 1.77 bits per heavy atom. The van der Waals surface area contributed by atoms with Crippen molar-refractivity contribution in [1.29, 1.82) is 0 Å². The molecule has 3 nitrogen and oxygen atoms in total. The van der Waals surface area contributed by atoms with E-state index in [1.54, 1.807) is 0 Å². The second-order valence-corrected chi connectivity index (χ2v) is 9.74. The first-order valence-corrected chi connectivity index (χ1v) is 13.6. The minimum atomic E-state index is -0.854. The Kier molecular flexibility index (Phi) is 10.3. The summed E-state index contributed by atoms with van der Waals surface area (Å²) in [5.41, 5.74) is 2.16. The van der Waals surface area contributed by atoms with Crippen molar-refractivity contribution in [3.63, 3.8) is 0 Å². The van der Waals surface area contributed by atoms with E-state index in [0.717, 1.165) is 67.7 Å². The minimum absolute atomic E-state index is 0.0746. The first-order valence-electron chi connectivity index (χ1n) is 13.6. The molecule has 0 aliphatic carbocycles. The average molecular weight is 474 g/mol. The molecule has 188 valence electrons. The molecule has 3 heteroatoms. The van der Waals surface area contributed by atoms with E-state index < -0.39 is 6.10 Å².